The summed E-state index contributed by atoms with van der Waals surface area (Å²) >= 11 is 0. The molecule has 0 spiro atoms. The van der Waals surface area contributed by atoms with Crippen LogP contribution in [0.2, 0.25) is 0 Å². The molecule has 3 aromatic rings. The van der Waals surface area contributed by atoms with Crippen molar-refractivity contribution in [1.29, 1.82) is 0 Å². The summed E-state index contributed by atoms with van der Waals surface area (Å²) in [6.45, 7) is 0.528. The quantitative estimate of drug-likeness (QED) is 0.762. The molecule has 0 amide bonds. The molecule has 0 aliphatic heterocycles. The SMILES string of the molecule is Cn1cnc2cc(C(N)c3cccc(CN)c3)ccc21. The first-order chi connectivity index (χ1) is 9.69. The Balaban J connectivity index is 2.00. The first-order valence-electron chi connectivity index (χ1n) is 6.64. The van der Waals surface area contributed by atoms with Crippen LogP contribution in [0.4, 0.5) is 0 Å². The van der Waals surface area contributed by atoms with E-state index in [1.54, 1.807) is 0 Å². The maximum Gasteiger partial charge on any atom is 0.0955 e. The van der Waals surface area contributed by atoms with Crippen LogP contribution < -0.4 is 11.5 Å². The Hall–Kier alpha value is -2.17. The summed E-state index contributed by atoms with van der Waals surface area (Å²) in [6, 6.07) is 14.1. The monoisotopic (exact) mass is 266 g/mol. The van der Waals surface area contributed by atoms with Crippen molar-refractivity contribution in [2.24, 2.45) is 18.5 Å². The van der Waals surface area contributed by atoms with Crippen LogP contribution in [0.15, 0.2) is 48.8 Å². The summed E-state index contributed by atoms with van der Waals surface area (Å²) < 4.78 is 2.00. The lowest BCUT2D eigenvalue weighted by atomic mass is 9.97. The van der Waals surface area contributed by atoms with Crippen molar-refractivity contribution < 1.29 is 0 Å². The van der Waals surface area contributed by atoms with Gasteiger partial charge < -0.3 is 16.0 Å². The van der Waals surface area contributed by atoms with Crippen molar-refractivity contribution in [3.63, 3.8) is 0 Å². The average molecular weight is 266 g/mol. The Morgan fingerprint density at radius 1 is 1.15 bits per heavy atom. The van der Waals surface area contributed by atoms with Gasteiger partial charge in [0.25, 0.3) is 0 Å². The van der Waals surface area contributed by atoms with Gasteiger partial charge in [0.05, 0.1) is 23.4 Å². The van der Waals surface area contributed by atoms with Crippen LogP contribution >= 0.6 is 0 Å². The second-order valence-electron chi connectivity index (χ2n) is 5.03. The molecule has 4 heteroatoms. The maximum absolute atomic E-state index is 6.36. The maximum atomic E-state index is 6.36. The molecule has 102 valence electrons. The van der Waals surface area contributed by atoms with Gasteiger partial charge in [0.1, 0.15) is 0 Å². The van der Waals surface area contributed by atoms with Crippen molar-refractivity contribution in [1.82, 2.24) is 9.55 Å². The van der Waals surface area contributed by atoms with E-state index >= 15 is 0 Å². The standard InChI is InChI=1S/C16H18N4/c1-20-10-19-14-8-13(5-6-15(14)20)16(18)12-4-2-3-11(7-12)9-17/h2-8,10,16H,9,17-18H2,1H3. The summed E-state index contributed by atoms with van der Waals surface area (Å²) in [4.78, 5) is 4.38. The van der Waals surface area contributed by atoms with Crippen LogP contribution in [-0.2, 0) is 13.6 Å². The first-order valence-corrected chi connectivity index (χ1v) is 6.64. The van der Waals surface area contributed by atoms with Crippen LogP contribution in [0, 0.1) is 0 Å². The van der Waals surface area contributed by atoms with Crippen molar-refractivity contribution >= 4 is 11.0 Å². The highest BCUT2D eigenvalue weighted by molar-refractivity contribution is 5.76. The topological polar surface area (TPSA) is 69.9 Å². The highest BCUT2D eigenvalue weighted by atomic mass is 15.0. The van der Waals surface area contributed by atoms with Crippen LogP contribution in [0.25, 0.3) is 11.0 Å². The Labute approximate surface area is 118 Å². The first kappa shape index (κ1) is 12.8. The third kappa shape index (κ3) is 2.19. The molecule has 1 atom stereocenters. The van der Waals surface area contributed by atoms with Crippen LogP contribution in [0.5, 0.6) is 0 Å². The normalized spacial score (nSPS) is 12.8. The lowest BCUT2D eigenvalue weighted by Crippen LogP contribution is -2.12. The van der Waals surface area contributed by atoms with Gasteiger partial charge in [-0.25, -0.2) is 4.98 Å². The number of nitrogens with two attached hydrogens (primary N) is 2. The second kappa shape index (κ2) is 5.07. The minimum atomic E-state index is -0.159. The minimum Gasteiger partial charge on any atom is -0.334 e. The van der Waals surface area contributed by atoms with E-state index in [0.29, 0.717) is 6.54 Å². The fraction of sp³-hybridized carbons (Fsp3) is 0.188. The van der Waals surface area contributed by atoms with E-state index in [0.717, 1.165) is 27.7 Å². The van der Waals surface area contributed by atoms with Gasteiger partial charge in [-0.2, -0.15) is 0 Å². The highest BCUT2D eigenvalue weighted by Crippen LogP contribution is 2.23. The summed E-state index contributed by atoms with van der Waals surface area (Å²) in [6.07, 6.45) is 1.81. The molecule has 1 unspecified atom stereocenters. The Bertz CT molecular complexity index is 745. The zero-order valence-electron chi connectivity index (χ0n) is 11.5. The van der Waals surface area contributed by atoms with Crippen LogP contribution in [0.3, 0.4) is 0 Å². The molecule has 3 rings (SSSR count). The van der Waals surface area contributed by atoms with E-state index in [4.69, 9.17) is 11.5 Å². The molecule has 0 saturated heterocycles. The Morgan fingerprint density at radius 2 is 1.95 bits per heavy atom. The smallest absolute Gasteiger partial charge is 0.0955 e. The van der Waals surface area contributed by atoms with E-state index in [1.807, 2.05) is 36.1 Å². The average Bonchev–Trinajstić information content (AvgIpc) is 2.87. The van der Waals surface area contributed by atoms with Gasteiger partial charge >= 0.3 is 0 Å². The molecule has 0 aliphatic carbocycles. The molecule has 0 aliphatic rings. The van der Waals surface area contributed by atoms with Crippen LogP contribution in [0.1, 0.15) is 22.7 Å². The highest BCUT2D eigenvalue weighted by Gasteiger charge is 2.11. The predicted molar refractivity (Wildman–Crippen MR) is 81.1 cm³/mol. The number of hydrogen-bond donors (Lipinski definition) is 2. The number of hydrogen-bond acceptors (Lipinski definition) is 3. The van der Waals surface area contributed by atoms with E-state index in [9.17, 15) is 0 Å². The molecular formula is C16H18N4. The number of nitrogens with zero attached hydrogens (tertiary/aromatic N) is 2. The lowest BCUT2D eigenvalue weighted by molar-refractivity contribution is 0.867. The van der Waals surface area contributed by atoms with Crippen molar-refractivity contribution in [3.05, 3.63) is 65.5 Å². The lowest BCUT2D eigenvalue weighted by Gasteiger charge is -2.13. The fourth-order valence-corrected chi connectivity index (χ4v) is 2.45. The number of benzene rings is 2. The van der Waals surface area contributed by atoms with Gasteiger partial charge in [-0.1, -0.05) is 30.3 Å². The summed E-state index contributed by atoms with van der Waals surface area (Å²) in [5.41, 5.74) is 17.3. The third-order valence-corrected chi connectivity index (χ3v) is 3.65. The van der Waals surface area contributed by atoms with E-state index in [2.05, 4.69) is 29.2 Å². The number of aryl methyl sites for hydroxylation is 1. The van der Waals surface area contributed by atoms with Gasteiger partial charge in [-0.05, 0) is 28.8 Å². The van der Waals surface area contributed by atoms with E-state index in [-0.39, 0.29) is 6.04 Å². The van der Waals surface area contributed by atoms with Gasteiger partial charge in [0, 0.05) is 13.6 Å². The van der Waals surface area contributed by atoms with Gasteiger partial charge in [0.15, 0.2) is 0 Å². The third-order valence-electron chi connectivity index (χ3n) is 3.65. The molecule has 0 bridgehead atoms. The van der Waals surface area contributed by atoms with Gasteiger partial charge in [0.2, 0.25) is 0 Å². The van der Waals surface area contributed by atoms with E-state index < -0.39 is 0 Å². The van der Waals surface area contributed by atoms with Crippen molar-refractivity contribution in [2.45, 2.75) is 12.6 Å². The fourth-order valence-electron chi connectivity index (χ4n) is 2.45. The molecule has 2 aromatic carbocycles. The predicted octanol–water partition coefficient (Wildman–Crippen LogP) is 2.08. The summed E-state index contributed by atoms with van der Waals surface area (Å²) in [5, 5.41) is 0. The Morgan fingerprint density at radius 3 is 2.75 bits per heavy atom. The van der Waals surface area contributed by atoms with Gasteiger partial charge in [-0.15, -0.1) is 0 Å². The van der Waals surface area contributed by atoms with E-state index in [1.165, 1.54) is 0 Å². The summed E-state index contributed by atoms with van der Waals surface area (Å²) in [5.74, 6) is 0. The molecule has 1 aromatic heterocycles. The molecule has 0 radical (unpaired) electrons. The number of aromatic nitrogens is 2. The molecule has 4 nitrogen and oxygen atoms in total. The zero-order valence-corrected chi connectivity index (χ0v) is 11.5. The minimum absolute atomic E-state index is 0.159. The largest absolute Gasteiger partial charge is 0.334 e. The molecular weight excluding hydrogens is 248 g/mol. The molecule has 0 fully saturated rings. The molecule has 1 heterocycles. The number of fused-ring (bicyclic) bond motifs is 1. The van der Waals surface area contributed by atoms with Crippen molar-refractivity contribution in [2.75, 3.05) is 0 Å². The number of imidazole rings is 1. The molecule has 0 saturated carbocycles. The van der Waals surface area contributed by atoms with Crippen LogP contribution in [-0.4, -0.2) is 9.55 Å². The molecule has 4 N–H and O–H groups in total. The number of rotatable bonds is 3. The Kier molecular flexibility index (Phi) is 3.26. The second-order valence-corrected chi connectivity index (χ2v) is 5.03. The summed E-state index contributed by atoms with van der Waals surface area (Å²) in [7, 11) is 1.99. The molecule has 20 heavy (non-hydrogen) atoms. The van der Waals surface area contributed by atoms with Gasteiger partial charge in [-0.3, -0.25) is 0 Å². The zero-order chi connectivity index (χ0) is 14.1. The van der Waals surface area contributed by atoms with Crippen molar-refractivity contribution in [3.8, 4) is 0 Å².